The highest BCUT2D eigenvalue weighted by Crippen LogP contribution is 2.30. The number of anilines is 2. The summed E-state index contributed by atoms with van der Waals surface area (Å²) in [7, 11) is 1.52. The number of hydrogen-bond acceptors (Lipinski definition) is 4. The number of halogens is 1. The number of methoxy groups -OCH3 is 1. The molecule has 4 amide bonds. The summed E-state index contributed by atoms with van der Waals surface area (Å²) >= 11 is 5.87. The lowest BCUT2D eigenvalue weighted by molar-refractivity contribution is -0.124. The number of urea groups is 1. The predicted molar refractivity (Wildman–Crippen MR) is 116 cm³/mol. The van der Waals surface area contributed by atoms with Gasteiger partial charge in [0.2, 0.25) is 5.91 Å². The smallest absolute Gasteiger partial charge is 0.332 e. The van der Waals surface area contributed by atoms with Crippen LogP contribution in [0, 0.1) is 5.92 Å². The van der Waals surface area contributed by atoms with Crippen molar-refractivity contribution in [2.75, 3.05) is 23.9 Å². The summed E-state index contributed by atoms with van der Waals surface area (Å²) < 4.78 is 5.21. The summed E-state index contributed by atoms with van der Waals surface area (Å²) in [6.07, 6.45) is -0.139. The molecule has 2 aromatic rings. The van der Waals surface area contributed by atoms with Crippen molar-refractivity contribution in [3.8, 4) is 5.75 Å². The van der Waals surface area contributed by atoms with Crippen LogP contribution in [0.5, 0.6) is 5.75 Å². The van der Waals surface area contributed by atoms with Gasteiger partial charge in [-0.05, 0) is 42.3 Å². The largest absolute Gasteiger partial charge is 0.497 e. The monoisotopic (exact) mass is 429 g/mol. The molecule has 1 saturated heterocycles. The summed E-state index contributed by atoms with van der Waals surface area (Å²) in [5.41, 5.74) is 0.986. The molecule has 0 aromatic heterocycles. The fourth-order valence-electron chi connectivity index (χ4n) is 3.34. The number of benzene rings is 2. The molecule has 3 rings (SSSR count). The number of hydrogen-bond donors (Lipinski definition) is 1. The van der Waals surface area contributed by atoms with Gasteiger partial charge in [0.15, 0.2) is 0 Å². The van der Waals surface area contributed by atoms with Crippen LogP contribution in [-0.2, 0) is 9.59 Å². The molecule has 2 aromatic carbocycles. The molecule has 0 bridgehead atoms. The second-order valence-electron chi connectivity index (χ2n) is 7.48. The van der Waals surface area contributed by atoms with Gasteiger partial charge in [0.1, 0.15) is 11.8 Å². The van der Waals surface area contributed by atoms with E-state index in [4.69, 9.17) is 16.3 Å². The molecule has 1 atom stereocenters. The minimum atomic E-state index is -0.876. The first-order valence-electron chi connectivity index (χ1n) is 9.64. The lowest BCUT2D eigenvalue weighted by atomic mass is 10.1. The third-order valence-corrected chi connectivity index (χ3v) is 4.95. The Kier molecular flexibility index (Phi) is 6.62. The predicted octanol–water partition coefficient (Wildman–Crippen LogP) is 4.17. The van der Waals surface area contributed by atoms with Crippen molar-refractivity contribution >= 4 is 40.8 Å². The lowest BCUT2D eigenvalue weighted by Crippen LogP contribution is -2.40. The molecule has 0 aliphatic carbocycles. The number of nitrogens with one attached hydrogen (secondary N) is 1. The molecule has 0 saturated carbocycles. The SMILES string of the molecule is COc1cccc(N2C(=O)[C@@H](CC(=O)Nc3ccc(Cl)cc3)N(CC(C)C)C2=O)c1. The maximum Gasteiger partial charge on any atom is 0.332 e. The normalized spacial score (nSPS) is 16.4. The van der Waals surface area contributed by atoms with E-state index in [0.29, 0.717) is 28.7 Å². The van der Waals surface area contributed by atoms with Crippen LogP contribution in [0.4, 0.5) is 16.2 Å². The van der Waals surface area contributed by atoms with E-state index >= 15 is 0 Å². The van der Waals surface area contributed by atoms with Crippen LogP contribution in [0.2, 0.25) is 5.02 Å². The Labute approximate surface area is 180 Å². The molecule has 0 unspecified atom stereocenters. The highest BCUT2D eigenvalue weighted by Gasteiger charge is 2.46. The average molecular weight is 430 g/mol. The third kappa shape index (κ3) is 4.74. The summed E-state index contributed by atoms with van der Waals surface area (Å²) in [4.78, 5) is 41.4. The first-order chi connectivity index (χ1) is 14.3. The number of amides is 4. The van der Waals surface area contributed by atoms with Gasteiger partial charge in [-0.1, -0.05) is 31.5 Å². The van der Waals surface area contributed by atoms with E-state index in [1.165, 1.54) is 12.0 Å². The van der Waals surface area contributed by atoms with Crippen molar-refractivity contribution in [1.29, 1.82) is 0 Å². The molecular weight excluding hydrogens is 406 g/mol. The lowest BCUT2D eigenvalue weighted by Gasteiger charge is -2.23. The van der Waals surface area contributed by atoms with E-state index in [9.17, 15) is 14.4 Å². The Hall–Kier alpha value is -3.06. The molecule has 1 N–H and O–H groups in total. The van der Waals surface area contributed by atoms with Crippen molar-refractivity contribution in [3.05, 3.63) is 53.6 Å². The molecule has 1 heterocycles. The third-order valence-electron chi connectivity index (χ3n) is 4.70. The highest BCUT2D eigenvalue weighted by molar-refractivity contribution is 6.30. The van der Waals surface area contributed by atoms with E-state index in [1.807, 2.05) is 13.8 Å². The molecular formula is C22H24ClN3O4. The van der Waals surface area contributed by atoms with E-state index in [-0.39, 0.29) is 18.2 Å². The standard InChI is InChI=1S/C22H24ClN3O4/c1-14(2)13-25-19(12-20(27)24-16-9-7-15(23)8-10-16)21(28)26(22(25)29)17-5-4-6-18(11-17)30-3/h4-11,14,19H,12-13H2,1-3H3,(H,24,27)/t19-/m1/s1. The average Bonchev–Trinajstić information content (AvgIpc) is 2.93. The van der Waals surface area contributed by atoms with Gasteiger partial charge in [-0.25, -0.2) is 9.69 Å². The molecule has 0 radical (unpaired) electrons. The van der Waals surface area contributed by atoms with Gasteiger partial charge in [0.05, 0.1) is 19.2 Å². The fraction of sp³-hybridized carbons (Fsp3) is 0.318. The second kappa shape index (κ2) is 9.17. The van der Waals surface area contributed by atoms with Crippen molar-refractivity contribution in [1.82, 2.24) is 4.90 Å². The number of ether oxygens (including phenoxy) is 1. The summed E-state index contributed by atoms with van der Waals surface area (Å²) in [5, 5.41) is 3.31. The second-order valence-corrected chi connectivity index (χ2v) is 7.92. The summed E-state index contributed by atoms with van der Waals surface area (Å²) in [5.74, 6) is -0.119. The minimum absolute atomic E-state index is 0.133. The zero-order valence-electron chi connectivity index (χ0n) is 17.1. The zero-order chi connectivity index (χ0) is 21.8. The van der Waals surface area contributed by atoms with Crippen LogP contribution in [0.15, 0.2) is 48.5 Å². The van der Waals surface area contributed by atoms with Crippen LogP contribution in [0.3, 0.4) is 0 Å². The molecule has 1 aliphatic heterocycles. The minimum Gasteiger partial charge on any atom is -0.497 e. The van der Waals surface area contributed by atoms with Crippen LogP contribution in [0.25, 0.3) is 0 Å². The van der Waals surface area contributed by atoms with Gasteiger partial charge >= 0.3 is 6.03 Å². The Morgan fingerprint density at radius 2 is 1.87 bits per heavy atom. The number of carbonyl (C=O) groups excluding carboxylic acids is 3. The Morgan fingerprint density at radius 1 is 1.17 bits per heavy atom. The first-order valence-corrected chi connectivity index (χ1v) is 10.0. The first kappa shape index (κ1) is 21.6. The number of imide groups is 1. The molecule has 7 nitrogen and oxygen atoms in total. The molecule has 1 fully saturated rings. The van der Waals surface area contributed by atoms with E-state index in [2.05, 4.69) is 5.32 Å². The molecule has 0 spiro atoms. The van der Waals surface area contributed by atoms with Crippen molar-refractivity contribution in [2.24, 2.45) is 5.92 Å². The van der Waals surface area contributed by atoms with Crippen LogP contribution < -0.4 is 15.0 Å². The van der Waals surface area contributed by atoms with Crippen LogP contribution >= 0.6 is 11.6 Å². The number of rotatable bonds is 7. The van der Waals surface area contributed by atoms with Crippen molar-refractivity contribution < 1.29 is 19.1 Å². The van der Waals surface area contributed by atoms with Gasteiger partial charge in [0, 0.05) is 23.3 Å². The van der Waals surface area contributed by atoms with Crippen molar-refractivity contribution in [2.45, 2.75) is 26.3 Å². The number of carbonyl (C=O) groups is 3. The van der Waals surface area contributed by atoms with Gasteiger partial charge < -0.3 is 15.0 Å². The van der Waals surface area contributed by atoms with Gasteiger partial charge in [-0.2, -0.15) is 0 Å². The van der Waals surface area contributed by atoms with Gasteiger partial charge in [0.25, 0.3) is 5.91 Å². The maximum absolute atomic E-state index is 13.2. The quantitative estimate of drug-likeness (QED) is 0.670. The molecule has 1 aliphatic rings. The maximum atomic E-state index is 13.2. The number of nitrogens with zero attached hydrogens (tertiary/aromatic N) is 2. The molecule has 8 heteroatoms. The van der Waals surface area contributed by atoms with E-state index in [0.717, 1.165) is 4.90 Å². The Balaban J connectivity index is 1.83. The van der Waals surface area contributed by atoms with Gasteiger partial charge in [-0.15, -0.1) is 0 Å². The van der Waals surface area contributed by atoms with Crippen LogP contribution in [0.1, 0.15) is 20.3 Å². The topological polar surface area (TPSA) is 79.0 Å². The Bertz CT molecular complexity index is 946. The zero-order valence-corrected chi connectivity index (χ0v) is 17.8. The van der Waals surface area contributed by atoms with E-state index < -0.39 is 18.0 Å². The fourth-order valence-corrected chi connectivity index (χ4v) is 3.47. The van der Waals surface area contributed by atoms with Gasteiger partial charge in [-0.3, -0.25) is 9.59 Å². The molecule has 158 valence electrons. The highest BCUT2D eigenvalue weighted by atomic mass is 35.5. The summed E-state index contributed by atoms with van der Waals surface area (Å²) in [6, 6.07) is 12.1. The van der Waals surface area contributed by atoms with Crippen molar-refractivity contribution in [3.63, 3.8) is 0 Å². The van der Waals surface area contributed by atoms with E-state index in [1.54, 1.807) is 48.5 Å². The Morgan fingerprint density at radius 3 is 2.50 bits per heavy atom. The molecule has 30 heavy (non-hydrogen) atoms. The van der Waals surface area contributed by atoms with Crippen LogP contribution in [-0.4, -0.2) is 42.4 Å². The summed E-state index contributed by atoms with van der Waals surface area (Å²) in [6.45, 7) is 4.28.